The minimum Gasteiger partial charge on any atom is -0.347 e. The van der Waals surface area contributed by atoms with Crippen molar-refractivity contribution >= 4 is 56.2 Å². The highest BCUT2D eigenvalue weighted by molar-refractivity contribution is 7.87. The number of amides is 1. The van der Waals surface area contributed by atoms with Gasteiger partial charge in [-0.1, -0.05) is 48.0 Å². The lowest BCUT2D eigenvalue weighted by Crippen LogP contribution is -2.31. The Hall–Kier alpha value is -2.76. The number of nitrogens with one attached hydrogen (secondary N) is 2. The normalized spacial score (nSPS) is 12.3. The third-order valence-corrected chi connectivity index (χ3v) is 7.49. The zero-order chi connectivity index (χ0) is 24.1. The number of hydrogen-bond acceptors (Lipinski definition) is 6. The highest BCUT2D eigenvalue weighted by Gasteiger charge is 2.21. The van der Waals surface area contributed by atoms with Crippen LogP contribution in [0, 0.1) is 0 Å². The zero-order valence-corrected chi connectivity index (χ0v) is 20.8. The Morgan fingerprint density at radius 2 is 1.91 bits per heavy atom. The second-order valence-corrected chi connectivity index (χ2v) is 10.8. The largest absolute Gasteiger partial charge is 0.357 e. The number of carbonyl (C=O) groups excluding carboxylic acids is 1. The van der Waals surface area contributed by atoms with E-state index in [4.69, 9.17) is 16.6 Å². The second kappa shape index (κ2) is 10.7. The molecule has 2 aromatic heterocycles. The van der Waals surface area contributed by atoms with Crippen LogP contribution in [0.4, 0.5) is 5.69 Å². The molecule has 1 amide bonds. The summed E-state index contributed by atoms with van der Waals surface area (Å²) in [7, 11) is -4.46. The fraction of sp³-hybridized carbons (Fsp3) is 0.130. The first-order valence-corrected chi connectivity index (χ1v) is 13.7. The van der Waals surface area contributed by atoms with Gasteiger partial charge in [0.15, 0.2) is 0 Å². The number of benzene rings is 2. The van der Waals surface area contributed by atoms with E-state index in [2.05, 4.69) is 10.0 Å². The first kappa shape index (κ1) is 24.4. The molecule has 0 fully saturated rings. The lowest BCUT2D eigenvalue weighted by molar-refractivity contribution is -0.121. The molecule has 0 unspecified atom stereocenters. The van der Waals surface area contributed by atoms with Gasteiger partial charge in [-0.3, -0.25) is 14.1 Å². The van der Waals surface area contributed by atoms with Crippen molar-refractivity contribution in [2.45, 2.75) is 18.9 Å². The maximum absolute atomic E-state index is 12.9. The minimum atomic E-state index is -4.46. The molecule has 11 heteroatoms. The maximum Gasteiger partial charge on any atom is 0.357 e. The molecule has 2 aromatic carbocycles. The van der Waals surface area contributed by atoms with Crippen LogP contribution in [-0.4, -0.2) is 23.9 Å². The average molecular weight is 534 g/mol. The fourth-order valence-corrected chi connectivity index (χ4v) is 5.80. The van der Waals surface area contributed by atoms with Crippen molar-refractivity contribution < 1.29 is 17.8 Å². The molecule has 4 rings (SSSR count). The monoisotopic (exact) mass is 533 g/mol. The lowest BCUT2D eigenvalue weighted by Gasteiger charge is -2.19. The fourth-order valence-electron chi connectivity index (χ4n) is 3.42. The molecule has 176 valence electrons. The first-order chi connectivity index (χ1) is 16.3. The van der Waals surface area contributed by atoms with Crippen molar-refractivity contribution in [2.75, 3.05) is 4.72 Å². The number of hydrogen-bond donors (Lipinski definition) is 3. The Labute approximate surface area is 210 Å². The van der Waals surface area contributed by atoms with Gasteiger partial charge >= 0.3 is 10.3 Å². The number of thiazole rings is 1. The molecule has 2 heterocycles. The summed E-state index contributed by atoms with van der Waals surface area (Å²) >= 11 is 9.09. The Balaban J connectivity index is 1.61. The number of thiophene rings is 1. The summed E-state index contributed by atoms with van der Waals surface area (Å²) in [5, 5.41) is 8.27. The van der Waals surface area contributed by atoms with Crippen LogP contribution in [0.15, 0.2) is 71.4 Å². The van der Waals surface area contributed by atoms with Gasteiger partial charge < -0.3 is 5.32 Å². The molecule has 7 nitrogen and oxygen atoms in total. The van der Waals surface area contributed by atoms with Crippen molar-refractivity contribution in [3.8, 4) is 9.88 Å². The lowest BCUT2D eigenvalue weighted by atomic mass is 10.0. The van der Waals surface area contributed by atoms with Crippen molar-refractivity contribution in [1.82, 2.24) is 10.3 Å². The van der Waals surface area contributed by atoms with Crippen LogP contribution in [0.5, 0.6) is 0 Å². The summed E-state index contributed by atoms with van der Waals surface area (Å²) in [5.41, 5.74) is 2.26. The number of nitrogens with zero attached hydrogens (tertiary/aromatic N) is 1. The van der Waals surface area contributed by atoms with Crippen LogP contribution in [0.3, 0.4) is 0 Å². The smallest absolute Gasteiger partial charge is 0.347 e. The van der Waals surface area contributed by atoms with Crippen LogP contribution in [-0.2, 0) is 27.9 Å². The van der Waals surface area contributed by atoms with Crippen molar-refractivity contribution in [2.24, 2.45) is 0 Å². The third-order valence-electron chi connectivity index (χ3n) is 4.88. The molecule has 0 aliphatic rings. The summed E-state index contributed by atoms with van der Waals surface area (Å²) in [5.74, 6) is -0.224. The van der Waals surface area contributed by atoms with E-state index < -0.39 is 16.3 Å². The number of carbonyl (C=O) groups is 1. The van der Waals surface area contributed by atoms with Crippen LogP contribution in [0.2, 0.25) is 5.02 Å². The minimum absolute atomic E-state index is 0.129. The SMILES string of the molecule is O=C(Cc1cccc(Cl)c1)N[C@@H](Cc1ccccc1NS(=O)(=O)O)c1csc(-c2cccs2)n1. The third kappa shape index (κ3) is 6.64. The highest BCUT2D eigenvalue weighted by Crippen LogP contribution is 2.31. The van der Waals surface area contributed by atoms with Crippen LogP contribution < -0.4 is 10.0 Å². The van der Waals surface area contributed by atoms with Gasteiger partial charge in [0.2, 0.25) is 5.91 Å². The second-order valence-electron chi connectivity index (χ2n) is 7.42. The molecular formula is C23H20ClN3O4S3. The summed E-state index contributed by atoms with van der Waals surface area (Å²) in [4.78, 5) is 18.7. The van der Waals surface area contributed by atoms with Gasteiger partial charge in [-0.25, -0.2) is 4.98 Å². The Morgan fingerprint density at radius 1 is 1.09 bits per heavy atom. The standard InChI is InChI=1S/C23H20ClN3O4S3/c24-17-7-3-5-15(11-17)12-22(28)25-19(20-14-33-23(26-20)21-9-4-10-32-21)13-16-6-1-2-8-18(16)27-34(29,30)31/h1-11,14,19,27H,12-13H2,(H,25,28)(H,29,30,31)/t19-/m0/s1. The summed E-state index contributed by atoms with van der Waals surface area (Å²) in [6, 6.07) is 17.2. The molecule has 0 radical (unpaired) electrons. The predicted molar refractivity (Wildman–Crippen MR) is 137 cm³/mol. The van der Waals surface area contributed by atoms with Gasteiger partial charge in [0.25, 0.3) is 0 Å². The van der Waals surface area contributed by atoms with Crippen LogP contribution in [0.1, 0.15) is 22.9 Å². The number of rotatable bonds is 9. The number of para-hydroxylation sites is 1. The number of aromatic nitrogens is 1. The molecule has 0 aliphatic heterocycles. The molecule has 0 saturated heterocycles. The topological polar surface area (TPSA) is 108 Å². The van der Waals surface area contributed by atoms with Gasteiger partial charge in [-0.15, -0.1) is 22.7 Å². The Morgan fingerprint density at radius 3 is 2.65 bits per heavy atom. The van der Waals surface area contributed by atoms with Crippen LogP contribution >= 0.6 is 34.3 Å². The van der Waals surface area contributed by atoms with Crippen LogP contribution in [0.25, 0.3) is 9.88 Å². The van der Waals surface area contributed by atoms with Gasteiger partial charge in [0.05, 0.1) is 28.7 Å². The molecule has 4 aromatic rings. The van der Waals surface area contributed by atoms with E-state index in [1.807, 2.05) is 29.0 Å². The molecule has 0 saturated carbocycles. The highest BCUT2D eigenvalue weighted by atomic mass is 35.5. The molecule has 3 N–H and O–H groups in total. The molecule has 34 heavy (non-hydrogen) atoms. The van der Waals surface area contributed by atoms with Crippen molar-refractivity contribution in [1.29, 1.82) is 0 Å². The maximum atomic E-state index is 12.9. The molecule has 0 spiro atoms. The van der Waals surface area contributed by atoms with Gasteiger partial charge in [-0.05, 0) is 40.8 Å². The van der Waals surface area contributed by atoms with Crippen molar-refractivity contribution in [3.05, 3.63) is 93.3 Å². The summed E-state index contributed by atoms with van der Waals surface area (Å²) < 4.78 is 34.2. The van der Waals surface area contributed by atoms with Gasteiger partial charge in [-0.2, -0.15) is 8.42 Å². The number of anilines is 1. The predicted octanol–water partition coefficient (Wildman–Crippen LogP) is 5.38. The molecule has 0 aliphatic carbocycles. The molecule has 0 bridgehead atoms. The van der Waals surface area contributed by atoms with E-state index in [0.717, 1.165) is 15.4 Å². The van der Waals surface area contributed by atoms with E-state index >= 15 is 0 Å². The first-order valence-electron chi connectivity index (χ1n) is 10.1. The Kier molecular flexibility index (Phi) is 7.64. The van der Waals surface area contributed by atoms with E-state index in [-0.39, 0.29) is 24.4 Å². The summed E-state index contributed by atoms with van der Waals surface area (Å²) in [6.45, 7) is 0. The Bertz CT molecular complexity index is 1390. The quantitative estimate of drug-likeness (QED) is 0.250. The average Bonchev–Trinajstić information content (AvgIpc) is 3.46. The molecule has 1 atom stereocenters. The van der Waals surface area contributed by atoms with Gasteiger partial charge in [0.1, 0.15) is 5.01 Å². The van der Waals surface area contributed by atoms with E-state index in [1.165, 1.54) is 11.3 Å². The number of halogens is 1. The van der Waals surface area contributed by atoms with Gasteiger partial charge in [0, 0.05) is 16.8 Å². The van der Waals surface area contributed by atoms with E-state index in [9.17, 15) is 17.8 Å². The van der Waals surface area contributed by atoms with Crippen molar-refractivity contribution in [3.63, 3.8) is 0 Å². The van der Waals surface area contributed by atoms with E-state index in [1.54, 1.807) is 53.8 Å². The van der Waals surface area contributed by atoms with E-state index in [0.29, 0.717) is 16.3 Å². The molecular weight excluding hydrogens is 514 g/mol. The zero-order valence-electron chi connectivity index (χ0n) is 17.6. The summed E-state index contributed by atoms with van der Waals surface area (Å²) in [6.07, 6.45) is 0.386.